The summed E-state index contributed by atoms with van der Waals surface area (Å²) < 4.78 is 54.5. The summed E-state index contributed by atoms with van der Waals surface area (Å²) in [7, 11) is -7.59. The Morgan fingerprint density at radius 1 is 1.03 bits per heavy atom. The molecule has 0 saturated heterocycles. The van der Waals surface area contributed by atoms with Crippen molar-refractivity contribution in [3.05, 3.63) is 60.2 Å². The van der Waals surface area contributed by atoms with Gasteiger partial charge in [-0.05, 0) is 42.1 Å². The number of hydrogen-bond acceptors (Lipinski definition) is 5. The number of nitrogens with zero attached hydrogens (tertiary/aromatic N) is 2. The van der Waals surface area contributed by atoms with Gasteiger partial charge >= 0.3 is 0 Å². The molecular weight excluding hydrogens is 462 g/mol. The smallest absolute Gasteiger partial charge is 0.265 e. The van der Waals surface area contributed by atoms with Gasteiger partial charge in [0.05, 0.1) is 15.5 Å². The first kappa shape index (κ1) is 23.2. The van der Waals surface area contributed by atoms with Crippen LogP contribution in [0.1, 0.15) is 19.4 Å². The minimum Gasteiger partial charge on any atom is -0.324 e. The lowest BCUT2D eigenvalue weighted by molar-refractivity contribution is -0.114. The van der Waals surface area contributed by atoms with Gasteiger partial charge in [-0.1, -0.05) is 44.2 Å². The van der Waals surface area contributed by atoms with Crippen molar-refractivity contribution >= 4 is 48.1 Å². The molecule has 1 amide bonds. The monoisotopic (exact) mass is 487 g/mol. The molecule has 8 nitrogen and oxygen atoms in total. The Kier molecular flexibility index (Phi) is 5.94. The minimum absolute atomic E-state index is 0.106. The van der Waals surface area contributed by atoms with E-state index in [1.165, 1.54) is 16.4 Å². The molecule has 0 aromatic heterocycles. The van der Waals surface area contributed by atoms with Crippen molar-refractivity contribution in [3.63, 3.8) is 0 Å². The van der Waals surface area contributed by atoms with Crippen molar-refractivity contribution in [1.82, 2.24) is 4.31 Å². The van der Waals surface area contributed by atoms with Gasteiger partial charge in [0.1, 0.15) is 6.54 Å². The van der Waals surface area contributed by atoms with E-state index in [1.807, 2.05) is 12.1 Å². The summed E-state index contributed by atoms with van der Waals surface area (Å²) in [5.74, 6) is -0.571. The highest BCUT2D eigenvalue weighted by Gasteiger charge is 2.36. The highest BCUT2D eigenvalue weighted by atomic mass is 32.2. The fourth-order valence-electron chi connectivity index (χ4n) is 4.12. The Hall–Kier alpha value is -2.95. The first-order valence-corrected chi connectivity index (χ1v) is 13.4. The molecule has 0 bridgehead atoms. The molecular formula is C23H25N3O5S2. The molecule has 0 fully saturated rings. The Balaban J connectivity index is 1.62. The van der Waals surface area contributed by atoms with Gasteiger partial charge in [0.2, 0.25) is 15.9 Å². The van der Waals surface area contributed by atoms with Crippen LogP contribution in [0.15, 0.2) is 64.4 Å². The number of rotatable bonds is 7. The summed E-state index contributed by atoms with van der Waals surface area (Å²) >= 11 is 0. The third-order valence-electron chi connectivity index (χ3n) is 5.76. The zero-order chi connectivity index (χ0) is 24.0. The Morgan fingerprint density at radius 3 is 2.36 bits per heavy atom. The SMILES string of the molecule is CCN(CC)S(=O)(=O)c1cc(NC(=O)CN2c3cccc4cccc(c34)S2(=O)=O)ccc1C. The summed E-state index contributed by atoms with van der Waals surface area (Å²) in [5, 5.41) is 4.02. The molecule has 0 unspecified atom stereocenters. The molecule has 0 aliphatic carbocycles. The van der Waals surface area contributed by atoms with E-state index in [2.05, 4.69) is 5.32 Å². The van der Waals surface area contributed by atoms with Gasteiger partial charge in [-0.15, -0.1) is 0 Å². The van der Waals surface area contributed by atoms with Gasteiger partial charge in [-0.3, -0.25) is 9.10 Å². The van der Waals surface area contributed by atoms with Crippen LogP contribution in [0.25, 0.3) is 10.8 Å². The van der Waals surface area contributed by atoms with Crippen molar-refractivity contribution in [2.75, 3.05) is 29.3 Å². The standard InChI is InChI=1S/C23H25N3O5S2/c1-4-25(5-2)32(28,29)21-14-18(13-12-16(21)3)24-22(27)15-26-19-10-6-8-17-9-7-11-20(23(17)19)33(26,30)31/h6-14H,4-5,15H2,1-3H3,(H,24,27). The number of amides is 1. The molecule has 3 aromatic carbocycles. The van der Waals surface area contributed by atoms with Gasteiger partial charge < -0.3 is 5.32 Å². The van der Waals surface area contributed by atoms with E-state index in [1.54, 1.807) is 51.1 Å². The number of carbonyl (C=O) groups excluding carboxylic acids is 1. The second kappa shape index (κ2) is 8.44. The van der Waals surface area contributed by atoms with E-state index in [0.29, 0.717) is 29.7 Å². The Bertz CT molecular complexity index is 1460. The molecule has 0 atom stereocenters. The van der Waals surface area contributed by atoms with E-state index in [-0.39, 0.29) is 15.5 Å². The van der Waals surface area contributed by atoms with Crippen LogP contribution in [0.5, 0.6) is 0 Å². The minimum atomic E-state index is -3.87. The van der Waals surface area contributed by atoms with E-state index in [4.69, 9.17) is 0 Å². The summed E-state index contributed by atoms with van der Waals surface area (Å²) in [6, 6.07) is 14.9. The lowest BCUT2D eigenvalue weighted by atomic mass is 10.1. The van der Waals surface area contributed by atoms with Crippen LogP contribution in [-0.4, -0.2) is 46.7 Å². The third kappa shape index (κ3) is 3.88. The Morgan fingerprint density at radius 2 is 1.70 bits per heavy atom. The topological polar surface area (TPSA) is 104 Å². The van der Waals surface area contributed by atoms with Crippen LogP contribution in [0.2, 0.25) is 0 Å². The van der Waals surface area contributed by atoms with Gasteiger partial charge in [0.15, 0.2) is 0 Å². The molecule has 4 rings (SSSR count). The molecule has 0 radical (unpaired) electrons. The first-order valence-electron chi connectivity index (χ1n) is 10.6. The second-order valence-corrected chi connectivity index (χ2v) is 11.5. The van der Waals surface area contributed by atoms with Crippen molar-refractivity contribution in [2.45, 2.75) is 30.6 Å². The molecule has 174 valence electrons. The van der Waals surface area contributed by atoms with Crippen LogP contribution in [-0.2, 0) is 24.8 Å². The normalized spacial score (nSPS) is 14.7. The van der Waals surface area contributed by atoms with Gasteiger partial charge in [-0.25, -0.2) is 16.8 Å². The number of aryl methyl sites for hydroxylation is 1. The largest absolute Gasteiger partial charge is 0.324 e. The third-order valence-corrected chi connectivity index (χ3v) is 9.76. The number of hydrogen-bond donors (Lipinski definition) is 1. The lowest BCUT2D eigenvalue weighted by Gasteiger charge is -2.21. The molecule has 33 heavy (non-hydrogen) atoms. The van der Waals surface area contributed by atoms with Crippen molar-refractivity contribution < 1.29 is 21.6 Å². The maximum Gasteiger partial charge on any atom is 0.265 e. The van der Waals surface area contributed by atoms with Gasteiger partial charge in [-0.2, -0.15) is 4.31 Å². The molecule has 1 aliphatic rings. The van der Waals surface area contributed by atoms with Gasteiger partial charge in [0.25, 0.3) is 10.0 Å². The summed E-state index contributed by atoms with van der Waals surface area (Å²) in [5.41, 5.74) is 1.29. The van der Waals surface area contributed by atoms with Crippen LogP contribution in [0, 0.1) is 6.92 Å². The molecule has 0 spiro atoms. The Labute approximate surface area is 193 Å². The molecule has 0 saturated carbocycles. The van der Waals surface area contributed by atoms with Crippen LogP contribution >= 0.6 is 0 Å². The summed E-state index contributed by atoms with van der Waals surface area (Å²) in [6.07, 6.45) is 0. The van der Waals surface area contributed by atoms with Crippen molar-refractivity contribution in [1.29, 1.82) is 0 Å². The fraction of sp³-hybridized carbons (Fsp3) is 0.261. The number of benzene rings is 3. The van der Waals surface area contributed by atoms with E-state index in [0.717, 1.165) is 9.69 Å². The fourth-order valence-corrected chi connectivity index (χ4v) is 7.49. The molecule has 1 aliphatic heterocycles. The molecule has 1 N–H and O–H groups in total. The van der Waals surface area contributed by atoms with E-state index >= 15 is 0 Å². The molecule has 10 heteroatoms. The van der Waals surface area contributed by atoms with Crippen LogP contribution in [0.3, 0.4) is 0 Å². The molecule has 3 aromatic rings. The van der Waals surface area contributed by atoms with Crippen LogP contribution < -0.4 is 9.62 Å². The van der Waals surface area contributed by atoms with Gasteiger partial charge in [0, 0.05) is 24.2 Å². The first-order chi connectivity index (χ1) is 15.6. The molecule has 1 heterocycles. The summed E-state index contributed by atoms with van der Waals surface area (Å²) in [6.45, 7) is 5.44. The highest BCUT2D eigenvalue weighted by Crippen LogP contribution is 2.41. The van der Waals surface area contributed by atoms with E-state index in [9.17, 15) is 21.6 Å². The quantitative estimate of drug-likeness (QED) is 0.551. The van der Waals surface area contributed by atoms with Crippen molar-refractivity contribution in [3.8, 4) is 0 Å². The maximum atomic E-state index is 13.1. The highest BCUT2D eigenvalue weighted by molar-refractivity contribution is 7.93. The predicted molar refractivity (Wildman–Crippen MR) is 128 cm³/mol. The second-order valence-electron chi connectivity index (χ2n) is 7.76. The number of anilines is 2. The van der Waals surface area contributed by atoms with E-state index < -0.39 is 32.5 Å². The zero-order valence-corrected chi connectivity index (χ0v) is 20.2. The average Bonchev–Trinajstić information content (AvgIpc) is 2.99. The number of sulfonamides is 2. The van der Waals surface area contributed by atoms with Crippen molar-refractivity contribution in [2.24, 2.45) is 0 Å². The maximum absolute atomic E-state index is 13.1. The van der Waals surface area contributed by atoms with Crippen LogP contribution in [0.4, 0.5) is 11.4 Å². The summed E-state index contributed by atoms with van der Waals surface area (Å²) in [4.78, 5) is 13.1. The average molecular weight is 488 g/mol. The lowest BCUT2D eigenvalue weighted by Crippen LogP contribution is -2.35. The zero-order valence-electron chi connectivity index (χ0n) is 18.6. The number of nitrogens with one attached hydrogen (secondary N) is 1. The predicted octanol–water partition coefficient (Wildman–Crippen LogP) is 3.33. The number of carbonyl (C=O) groups is 1.